The fraction of sp³-hybridized carbons (Fsp3) is 0.500. The Morgan fingerprint density at radius 2 is 2.00 bits per heavy atom. The van der Waals surface area contributed by atoms with Gasteiger partial charge in [0.1, 0.15) is 0 Å². The van der Waals surface area contributed by atoms with Crippen molar-refractivity contribution in [2.75, 3.05) is 0 Å². The Morgan fingerprint density at radius 1 is 1.83 bits per heavy atom. The summed E-state index contributed by atoms with van der Waals surface area (Å²) < 4.78 is 0. The molecule has 0 rings (SSSR count). The van der Waals surface area contributed by atoms with Crippen molar-refractivity contribution in [1.29, 1.82) is 0 Å². The third kappa shape index (κ3) is 8.83. The van der Waals surface area contributed by atoms with Crippen LogP contribution in [0.3, 0.4) is 0 Å². The van der Waals surface area contributed by atoms with E-state index in [1.807, 2.05) is 0 Å². The van der Waals surface area contributed by atoms with Crippen molar-refractivity contribution in [1.82, 2.24) is 0 Å². The van der Waals surface area contributed by atoms with Crippen LogP contribution in [-0.4, -0.2) is 40.8 Å². The normalized spacial score (nSPS) is 11.7. The van der Waals surface area contributed by atoms with Gasteiger partial charge in [0, 0.05) is 0 Å². The predicted octanol–water partition coefficient (Wildman–Crippen LogP) is -0.0953. The van der Waals surface area contributed by atoms with Crippen LogP contribution in [0.25, 0.3) is 0 Å². The molecule has 0 aliphatic carbocycles. The predicted molar refractivity (Wildman–Crippen MR) is 29.0 cm³/mol. The van der Waals surface area contributed by atoms with Gasteiger partial charge in [-0.1, -0.05) is 6.08 Å². The van der Waals surface area contributed by atoms with Gasteiger partial charge >= 0.3 is 29.6 Å². The second-order valence-electron chi connectivity index (χ2n) is 0.976. The number of hydrogen-bond donors (Lipinski definition) is 1. The number of rotatable bonds is 1. The molecule has 0 aliphatic rings. The Bertz CT molecular complexity index is 34.5. The third-order valence-corrected chi connectivity index (χ3v) is 0.341. The summed E-state index contributed by atoms with van der Waals surface area (Å²) in [7, 11) is 0. The minimum absolute atomic E-state index is 0. The standard InChI is InChI=1S/C4H8O.Na.H/c1-3-4(2)5;;/h3-5H,1H2,2H3;;. The van der Waals surface area contributed by atoms with Crippen molar-refractivity contribution in [2.45, 2.75) is 13.0 Å². The zero-order chi connectivity index (χ0) is 4.28. The molecule has 1 atom stereocenters. The van der Waals surface area contributed by atoms with Crippen LogP contribution in [0.5, 0.6) is 0 Å². The zero-order valence-electron chi connectivity index (χ0n) is 3.31. The summed E-state index contributed by atoms with van der Waals surface area (Å²) >= 11 is 0. The van der Waals surface area contributed by atoms with Gasteiger partial charge in [-0.15, -0.1) is 6.58 Å². The second-order valence-corrected chi connectivity index (χ2v) is 0.976. The van der Waals surface area contributed by atoms with E-state index in [2.05, 4.69) is 6.58 Å². The molecular formula is C4H9NaO. The zero-order valence-corrected chi connectivity index (χ0v) is 3.31. The van der Waals surface area contributed by atoms with E-state index in [1.54, 1.807) is 6.92 Å². The molecule has 1 nitrogen and oxygen atoms in total. The molecule has 2 heteroatoms. The summed E-state index contributed by atoms with van der Waals surface area (Å²) in [6, 6.07) is 0. The Hall–Kier alpha value is 0.700. The van der Waals surface area contributed by atoms with E-state index in [0.29, 0.717) is 0 Å². The molecule has 1 N–H and O–H groups in total. The molecule has 0 spiro atoms. The molecule has 0 amide bonds. The van der Waals surface area contributed by atoms with Crippen molar-refractivity contribution in [3.8, 4) is 0 Å². The van der Waals surface area contributed by atoms with Gasteiger partial charge in [0.25, 0.3) is 0 Å². The Labute approximate surface area is 60.4 Å². The van der Waals surface area contributed by atoms with E-state index >= 15 is 0 Å². The van der Waals surface area contributed by atoms with Gasteiger partial charge in [0.05, 0.1) is 6.10 Å². The summed E-state index contributed by atoms with van der Waals surface area (Å²) in [5.74, 6) is 0. The molecule has 0 bridgehead atoms. The Balaban J connectivity index is 0. The topological polar surface area (TPSA) is 20.2 Å². The summed E-state index contributed by atoms with van der Waals surface area (Å²) in [5, 5.41) is 8.24. The van der Waals surface area contributed by atoms with E-state index in [0.717, 1.165) is 0 Å². The van der Waals surface area contributed by atoms with Crippen LogP contribution in [0.2, 0.25) is 0 Å². The van der Waals surface area contributed by atoms with Crippen LogP contribution in [-0.2, 0) is 0 Å². The molecule has 0 aromatic heterocycles. The number of hydrogen-bond acceptors (Lipinski definition) is 1. The van der Waals surface area contributed by atoms with E-state index in [1.165, 1.54) is 6.08 Å². The monoisotopic (exact) mass is 96.1 g/mol. The van der Waals surface area contributed by atoms with Gasteiger partial charge in [-0.3, -0.25) is 0 Å². The number of aliphatic hydroxyl groups is 1. The molecule has 32 valence electrons. The molecule has 0 aromatic rings. The molecular weight excluding hydrogens is 87.0 g/mol. The molecule has 1 unspecified atom stereocenters. The third-order valence-electron chi connectivity index (χ3n) is 0.341. The van der Waals surface area contributed by atoms with Gasteiger partial charge in [0.15, 0.2) is 0 Å². The SMILES string of the molecule is C=CC(C)O.[NaH]. The molecule has 0 radical (unpaired) electrons. The van der Waals surface area contributed by atoms with Crippen molar-refractivity contribution in [3.63, 3.8) is 0 Å². The van der Waals surface area contributed by atoms with Gasteiger partial charge in [-0.05, 0) is 6.92 Å². The van der Waals surface area contributed by atoms with Crippen LogP contribution in [0, 0.1) is 0 Å². The van der Waals surface area contributed by atoms with Gasteiger partial charge in [-0.25, -0.2) is 0 Å². The van der Waals surface area contributed by atoms with E-state index in [4.69, 9.17) is 5.11 Å². The van der Waals surface area contributed by atoms with Crippen molar-refractivity contribution in [3.05, 3.63) is 12.7 Å². The maximum atomic E-state index is 8.24. The first kappa shape index (κ1) is 9.85. The van der Waals surface area contributed by atoms with Crippen LogP contribution >= 0.6 is 0 Å². The fourth-order valence-electron chi connectivity index (χ4n) is 0. The van der Waals surface area contributed by atoms with Gasteiger partial charge in [0.2, 0.25) is 0 Å². The summed E-state index contributed by atoms with van der Waals surface area (Å²) in [5.41, 5.74) is 0. The Kier molecular flexibility index (Phi) is 9.36. The summed E-state index contributed by atoms with van der Waals surface area (Å²) in [4.78, 5) is 0. The van der Waals surface area contributed by atoms with Gasteiger partial charge in [-0.2, -0.15) is 0 Å². The first-order valence-electron chi connectivity index (χ1n) is 1.58. The Morgan fingerprint density at radius 3 is 2.00 bits per heavy atom. The summed E-state index contributed by atoms with van der Waals surface area (Å²) in [6.07, 6.45) is 1.12. The van der Waals surface area contributed by atoms with E-state index < -0.39 is 0 Å². The molecule has 6 heavy (non-hydrogen) atoms. The fourth-order valence-corrected chi connectivity index (χ4v) is 0. The van der Waals surface area contributed by atoms with Gasteiger partial charge < -0.3 is 5.11 Å². The van der Waals surface area contributed by atoms with Crippen LogP contribution in [0.1, 0.15) is 6.92 Å². The van der Waals surface area contributed by atoms with Crippen LogP contribution in [0.15, 0.2) is 12.7 Å². The van der Waals surface area contributed by atoms with Crippen molar-refractivity contribution in [2.24, 2.45) is 0 Å². The minimum atomic E-state index is -0.352. The average Bonchev–Trinajstić information content (AvgIpc) is 1.38. The second kappa shape index (κ2) is 5.70. The maximum absolute atomic E-state index is 8.24. The van der Waals surface area contributed by atoms with Crippen molar-refractivity contribution < 1.29 is 5.11 Å². The van der Waals surface area contributed by atoms with E-state index in [9.17, 15) is 0 Å². The quantitative estimate of drug-likeness (QED) is 0.357. The average molecular weight is 96.1 g/mol. The molecule has 0 aliphatic heterocycles. The summed E-state index contributed by atoms with van der Waals surface area (Å²) in [6.45, 7) is 4.97. The first-order chi connectivity index (χ1) is 2.27. The van der Waals surface area contributed by atoms with Crippen LogP contribution < -0.4 is 0 Å². The molecule has 0 fully saturated rings. The first-order valence-corrected chi connectivity index (χ1v) is 1.58. The molecule has 0 saturated carbocycles. The molecule has 0 aromatic carbocycles. The number of aliphatic hydroxyl groups excluding tert-OH is 1. The molecule has 0 heterocycles. The van der Waals surface area contributed by atoms with Crippen LogP contribution in [0.4, 0.5) is 0 Å². The van der Waals surface area contributed by atoms with Crippen molar-refractivity contribution >= 4 is 29.6 Å². The van der Waals surface area contributed by atoms with E-state index in [-0.39, 0.29) is 35.7 Å². The molecule has 0 saturated heterocycles.